The molecule has 3 aromatic rings. The van der Waals surface area contributed by atoms with Gasteiger partial charge in [-0.2, -0.15) is 0 Å². The maximum Gasteiger partial charge on any atom is 0.262 e. The Labute approximate surface area is 145 Å². The SMILES string of the molecule is COc1ccc(-n2cc(C(=O)NC(C)C)c3ccccc3c2=O)cc1. The molecule has 5 nitrogen and oxygen atoms in total. The fourth-order valence-electron chi connectivity index (χ4n) is 2.75. The molecular formula is C20H20N2O3. The van der Waals surface area contributed by atoms with Gasteiger partial charge in [0.25, 0.3) is 11.5 Å². The van der Waals surface area contributed by atoms with E-state index in [0.717, 1.165) is 0 Å². The Morgan fingerprint density at radius 2 is 1.68 bits per heavy atom. The van der Waals surface area contributed by atoms with Gasteiger partial charge in [-0.25, -0.2) is 0 Å². The van der Waals surface area contributed by atoms with Gasteiger partial charge in [-0.05, 0) is 44.2 Å². The van der Waals surface area contributed by atoms with Crippen molar-refractivity contribution in [2.75, 3.05) is 7.11 Å². The number of carbonyl (C=O) groups excluding carboxylic acids is 1. The number of pyridine rings is 1. The predicted molar refractivity (Wildman–Crippen MR) is 98.7 cm³/mol. The van der Waals surface area contributed by atoms with Crippen LogP contribution in [0.5, 0.6) is 5.75 Å². The molecule has 0 bridgehead atoms. The smallest absolute Gasteiger partial charge is 0.262 e. The van der Waals surface area contributed by atoms with E-state index in [1.165, 1.54) is 4.57 Å². The molecule has 3 rings (SSSR count). The lowest BCUT2D eigenvalue weighted by molar-refractivity contribution is 0.0944. The highest BCUT2D eigenvalue weighted by Crippen LogP contribution is 2.19. The Hall–Kier alpha value is -3.08. The van der Waals surface area contributed by atoms with Crippen LogP contribution in [0.4, 0.5) is 0 Å². The molecule has 1 amide bonds. The number of hydrogen-bond donors (Lipinski definition) is 1. The van der Waals surface area contributed by atoms with E-state index in [9.17, 15) is 9.59 Å². The van der Waals surface area contributed by atoms with Crippen molar-refractivity contribution in [3.05, 3.63) is 70.6 Å². The zero-order valence-corrected chi connectivity index (χ0v) is 14.4. The molecule has 0 saturated heterocycles. The molecule has 0 radical (unpaired) electrons. The first kappa shape index (κ1) is 16.8. The van der Waals surface area contributed by atoms with E-state index in [1.807, 2.05) is 19.9 Å². The third-order valence-electron chi connectivity index (χ3n) is 3.94. The van der Waals surface area contributed by atoms with Gasteiger partial charge in [0, 0.05) is 28.7 Å². The van der Waals surface area contributed by atoms with E-state index in [1.54, 1.807) is 55.8 Å². The maximum atomic E-state index is 12.9. The van der Waals surface area contributed by atoms with Crippen molar-refractivity contribution in [2.45, 2.75) is 19.9 Å². The third-order valence-corrected chi connectivity index (χ3v) is 3.94. The van der Waals surface area contributed by atoms with Gasteiger partial charge in [-0.3, -0.25) is 14.2 Å². The Morgan fingerprint density at radius 1 is 1.04 bits per heavy atom. The van der Waals surface area contributed by atoms with E-state index in [-0.39, 0.29) is 17.5 Å². The van der Waals surface area contributed by atoms with Crippen LogP contribution in [-0.4, -0.2) is 23.6 Å². The number of nitrogens with zero attached hydrogens (tertiary/aromatic N) is 1. The van der Waals surface area contributed by atoms with Crippen LogP contribution in [0.1, 0.15) is 24.2 Å². The molecule has 0 aliphatic heterocycles. The maximum absolute atomic E-state index is 12.9. The number of hydrogen-bond acceptors (Lipinski definition) is 3. The Morgan fingerprint density at radius 3 is 2.28 bits per heavy atom. The molecule has 2 aromatic carbocycles. The molecule has 1 N–H and O–H groups in total. The Balaban J connectivity index is 2.23. The molecule has 0 saturated carbocycles. The minimum Gasteiger partial charge on any atom is -0.497 e. The number of fused-ring (bicyclic) bond motifs is 1. The zero-order valence-electron chi connectivity index (χ0n) is 14.4. The number of methoxy groups -OCH3 is 1. The van der Waals surface area contributed by atoms with Gasteiger partial charge < -0.3 is 10.1 Å². The Kier molecular flexibility index (Phi) is 4.57. The fourth-order valence-corrected chi connectivity index (χ4v) is 2.75. The predicted octanol–water partition coefficient (Wildman–Crippen LogP) is 3.14. The van der Waals surface area contributed by atoms with Crippen molar-refractivity contribution >= 4 is 16.7 Å². The first-order valence-corrected chi connectivity index (χ1v) is 8.11. The van der Waals surface area contributed by atoms with Crippen LogP contribution >= 0.6 is 0 Å². The first-order chi connectivity index (χ1) is 12.0. The summed E-state index contributed by atoms with van der Waals surface area (Å²) in [6.45, 7) is 3.80. The average molecular weight is 336 g/mol. The van der Waals surface area contributed by atoms with Gasteiger partial charge in [-0.1, -0.05) is 18.2 Å². The summed E-state index contributed by atoms with van der Waals surface area (Å²) in [5.41, 5.74) is 0.983. The molecule has 1 heterocycles. The number of amides is 1. The molecule has 0 aliphatic carbocycles. The summed E-state index contributed by atoms with van der Waals surface area (Å²) in [5.74, 6) is 0.504. The van der Waals surface area contributed by atoms with Crippen LogP contribution in [0.25, 0.3) is 16.5 Å². The quantitative estimate of drug-likeness (QED) is 0.796. The van der Waals surface area contributed by atoms with Gasteiger partial charge >= 0.3 is 0 Å². The summed E-state index contributed by atoms with van der Waals surface area (Å²) >= 11 is 0. The summed E-state index contributed by atoms with van der Waals surface area (Å²) in [6.07, 6.45) is 1.60. The van der Waals surface area contributed by atoms with Crippen LogP contribution in [-0.2, 0) is 0 Å². The monoisotopic (exact) mass is 336 g/mol. The minimum atomic E-state index is -0.200. The lowest BCUT2D eigenvalue weighted by Gasteiger charge is -2.14. The standard InChI is InChI=1S/C20H20N2O3/c1-13(2)21-19(23)18-12-22(14-8-10-15(25-3)11-9-14)20(24)17-7-5-4-6-16(17)18/h4-13H,1-3H3,(H,21,23). The van der Waals surface area contributed by atoms with E-state index >= 15 is 0 Å². The number of carbonyl (C=O) groups is 1. The number of rotatable bonds is 4. The third kappa shape index (κ3) is 3.26. The molecule has 25 heavy (non-hydrogen) atoms. The lowest BCUT2D eigenvalue weighted by Crippen LogP contribution is -2.32. The van der Waals surface area contributed by atoms with E-state index in [0.29, 0.717) is 27.8 Å². The molecule has 128 valence electrons. The van der Waals surface area contributed by atoms with Crippen molar-refractivity contribution in [3.63, 3.8) is 0 Å². The van der Waals surface area contributed by atoms with Crippen LogP contribution in [0.3, 0.4) is 0 Å². The minimum absolute atomic E-state index is 0.00706. The van der Waals surface area contributed by atoms with Crippen LogP contribution < -0.4 is 15.6 Å². The van der Waals surface area contributed by atoms with Gasteiger partial charge in [0.1, 0.15) is 5.75 Å². The molecule has 0 atom stereocenters. The number of aromatic nitrogens is 1. The number of nitrogens with one attached hydrogen (secondary N) is 1. The van der Waals surface area contributed by atoms with Gasteiger partial charge in [0.05, 0.1) is 12.7 Å². The zero-order chi connectivity index (χ0) is 18.0. The second-order valence-corrected chi connectivity index (χ2v) is 6.09. The van der Waals surface area contributed by atoms with Crippen molar-refractivity contribution in [1.82, 2.24) is 9.88 Å². The van der Waals surface area contributed by atoms with Crippen LogP contribution in [0.2, 0.25) is 0 Å². The number of benzene rings is 2. The van der Waals surface area contributed by atoms with Crippen LogP contribution in [0, 0.1) is 0 Å². The van der Waals surface area contributed by atoms with Crippen LogP contribution in [0.15, 0.2) is 59.5 Å². The molecular weight excluding hydrogens is 316 g/mol. The van der Waals surface area contributed by atoms with E-state index in [4.69, 9.17) is 4.74 Å². The molecule has 0 unspecified atom stereocenters. The van der Waals surface area contributed by atoms with E-state index < -0.39 is 0 Å². The summed E-state index contributed by atoms with van der Waals surface area (Å²) in [7, 11) is 1.59. The molecule has 0 fully saturated rings. The first-order valence-electron chi connectivity index (χ1n) is 8.11. The van der Waals surface area contributed by atoms with Gasteiger partial charge in [0.15, 0.2) is 0 Å². The van der Waals surface area contributed by atoms with Crippen molar-refractivity contribution in [3.8, 4) is 11.4 Å². The van der Waals surface area contributed by atoms with Gasteiger partial charge in [-0.15, -0.1) is 0 Å². The summed E-state index contributed by atoms with van der Waals surface area (Å²) in [4.78, 5) is 25.5. The van der Waals surface area contributed by atoms with Crippen molar-refractivity contribution < 1.29 is 9.53 Å². The second-order valence-electron chi connectivity index (χ2n) is 6.09. The Bertz CT molecular complexity index is 972. The molecule has 0 spiro atoms. The highest BCUT2D eigenvalue weighted by molar-refractivity contribution is 6.06. The van der Waals surface area contributed by atoms with Gasteiger partial charge in [0.2, 0.25) is 0 Å². The van der Waals surface area contributed by atoms with E-state index in [2.05, 4.69) is 5.32 Å². The second kappa shape index (κ2) is 6.81. The van der Waals surface area contributed by atoms with Crippen molar-refractivity contribution in [2.24, 2.45) is 0 Å². The highest BCUT2D eigenvalue weighted by Gasteiger charge is 2.16. The summed E-state index contributed by atoms with van der Waals surface area (Å²) < 4.78 is 6.66. The average Bonchev–Trinajstić information content (AvgIpc) is 2.62. The topological polar surface area (TPSA) is 60.3 Å². The lowest BCUT2D eigenvalue weighted by atomic mass is 10.1. The summed E-state index contributed by atoms with van der Waals surface area (Å²) in [6, 6.07) is 14.3. The summed E-state index contributed by atoms with van der Waals surface area (Å²) in [5, 5.41) is 4.05. The molecule has 5 heteroatoms. The normalized spacial score (nSPS) is 10.9. The largest absolute Gasteiger partial charge is 0.497 e. The fraction of sp³-hybridized carbons (Fsp3) is 0.200. The molecule has 1 aromatic heterocycles. The van der Waals surface area contributed by atoms with Crippen molar-refractivity contribution in [1.29, 1.82) is 0 Å². The molecule has 0 aliphatic rings. The number of ether oxygens (including phenoxy) is 1. The highest BCUT2D eigenvalue weighted by atomic mass is 16.5.